The molecule has 0 unspecified atom stereocenters. The number of hydrogen-bond acceptors (Lipinski definition) is 3. The molecule has 3 rings (SSSR count). The van der Waals surface area contributed by atoms with Gasteiger partial charge in [0.25, 0.3) is 5.91 Å². The molecule has 0 bridgehead atoms. The molecule has 2 aromatic carbocycles. The molecule has 0 fully saturated rings. The van der Waals surface area contributed by atoms with Crippen molar-refractivity contribution >= 4 is 27.5 Å². The van der Waals surface area contributed by atoms with Crippen molar-refractivity contribution in [1.82, 2.24) is 5.01 Å². The van der Waals surface area contributed by atoms with Crippen LogP contribution >= 0.6 is 15.9 Å². The lowest BCUT2D eigenvalue weighted by molar-refractivity contribution is -0.0816. The maximum Gasteiger partial charge on any atom is 0.431 e. The van der Waals surface area contributed by atoms with Crippen molar-refractivity contribution in [1.29, 1.82) is 0 Å². The molecule has 1 heterocycles. The highest BCUT2D eigenvalue weighted by Gasteiger charge is 2.53. The highest BCUT2D eigenvalue weighted by atomic mass is 79.9. The number of hydrazone groups is 1. The normalized spacial score (nSPS) is 20.5. The Hall–Kier alpha value is -2.19. The molecule has 8 heteroatoms. The second-order valence-corrected chi connectivity index (χ2v) is 6.45. The zero-order valence-corrected chi connectivity index (χ0v) is 14.3. The van der Waals surface area contributed by atoms with Crippen LogP contribution in [0.3, 0.4) is 0 Å². The van der Waals surface area contributed by atoms with Crippen molar-refractivity contribution < 1.29 is 23.1 Å². The van der Waals surface area contributed by atoms with E-state index in [0.717, 1.165) is 0 Å². The summed E-state index contributed by atoms with van der Waals surface area (Å²) >= 11 is 3.22. The lowest BCUT2D eigenvalue weighted by Crippen LogP contribution is -2.43. The van der Waals surface area contributed by atoms with E-state index in [9.17, 15) is 23.1 Å². The highest BCUT2D eigenvalue weighted by molar-refractivity contribution is 9.10. The van der Waals surface area contributed by atoms with E-state index in [1.165, 1.54) is 24.3 Å². The Morgan fingerprint density at radius 3 is 2.44 bits per heavy atom. The molecule has 1 atom stereocenters. The van der Waals surface area contributed by atoms with Crippen molar-refractivity contribution in [3.8, 4) is 0 Å². The number of hydrogen-bond donors (Lipinski definition) is 1. The molecular formula is C17H12BrF3N2O2. The number of aliphatic hydroxyl groups is 1. The maximum atomic E-state index is 13.1. The average Bonchev–Trinajstić information content (AvgIpc) is 2.94. The van der Waals surface area contributed by atoms with Crippen LogP contribution in [0.15, 0.2) is 64.2 Å². The Bertz CT molecular complexity index is 839. The number of benzene rings is 2. The van der Waals surface area contributed by atoms with E-state index in [1.807, 2.05) is 0 Å². The van der Waals surface area contributed by atoms with Gasteiger partial charge in [-0.3, -0.25) is 4.79 Å². The molecule has 1 aliphatic heterocycles. The minimum atomic E-state index is -4.74. The van der Waals surface area contributed by atoms with Crippen LogP contribution in [0, 0.1) is 0 Å². The van der Waals surface area contributed by atoms with Gasteiger partial charge in [0.2, 0.25) is 0 Å². The second kappa shape index (κ2) is 6.27. The van der Waals surface area contributed by atoms with Crippen molar-refractivity contribution in [2.45, 2.75) is 18.3 Å². The number of rotatable bonds is 2. The first-order valence-corrected chi connectivity index (χ1v) is 8.04. The molecule has 0 spiro atoms. The summed E-state index contributed by atoms with van der Waals surface area (Å²) in [5.41, 5.74) is -3.17. The molecule has 1 aliphatic rings. The summed E-state index contributed by atoms with van der Waals surface area (Å²) in [6.45, 7) is 0. The van der Waals surface area contributed by atoms with E-state index in [4.69, 9.17) is 0 Å². The number of carbonyl (C=O) groups is 1. The Morgan fingerprint density at radius 2 is 1.84 bits per heavy atom. The monoisotopic (exact) mass is 412 g/mol. The van der Waals surface area contributed by atoms with Gasteiger partial charge in [-0.15, -0.1) is 0 Å². The van der Waals surface area contributed by atoms with Gasteiger partial charge in [-0.2, -0.15) is 23.3 Å². The standard InChI is InChI=1S/C17H12BrF3N2O2/c18-13-8-4-7-12(9-13)16(25)10-14(17(19,20)21)22-23(16)15(24)11-5-2-1-3-6-11/h1-9,25H,10H2/t16-/m0/s1. The molecule has 0 radical (unpaired) electrons. The number of nitrogens with zero attached hydrogens (tertiary/aromatic N) is 2. The SMILES string of the molecule is O=C(c1ccccc1)N1N=C(C(F)(F)F)C[C@]1(O)c1cccc(Br)c1. The van der Waals surface area contributed by atoms with Gasteiger partial charge in [0.15, 0.2) is 5.72 Å². The third-order valence-corrected chi connectivity index (χ3v) is 4.31. The van der Waals surface area contributed by atoms with Crippen LogP contribution in [0.1, 0.15) is 22.3 Å². The third kappa shape index (κ3) is 3.32. The first-order valence-electron chi connectivity index (χ1n) is 7.24. The van der Waals surface area contributed by atoms with Gasteiger partial charge in [0.1, 0.15) is 5.71 Å². The first kappa shape index (κ1) is 17.6. The van der Waals surface area contributed by atoms with Crippen LogP contribution < -0.4 is 0 Å². The van der Waals surface area contributed by atoms with Crippen LogP contribution in [0.5, 0.6) is 0 Å². The molecule has 0 aromatic heterocycles. The lowest BCUT2D eigenvalue weighted by atomic mass is 9.96. The molecule has 0 aliphatic carbocycles. The largest absolute Gasteiger partial charge is 0.431 e. The maximum absolute atomic E-state index is 13.1. The summed E-state index contributed by atoms with van der Waals surface area (Å²) in [4.78, 5) is 12.7. The lowest BCUT2D eigenvalue weighted by Gasteiger charge is -2.31. The summed E-state index contributed by atoms with van der Waals surface area (Å²) < 4.78 is 40.0. The highest BCUT2D eigenvalue weighted by Crippen LogP contribution is 2.40. The van der Waals surface area contributed by atoms with E-state index in [2.05, 4.69) is 21.0 Å². The Balaban J connectivity index is 2.09. The third-order valence-electron chi connectivity index (χ3n) is 3.81. The molecular weight excluding hydrogens is 401 g/mol. The predicted octanol–water partition coefficient (Wildman–Crippen LogP) is 4.06. The van der Waals surface area contributed by atoms with E-state index in [0.29, 0.717) is 9.48 Å². The van der Waals surface area contributed by atoms with Crippen LogP contribution in [0.4, 0.5) is 13.2 Å². The van der Waals surface area contributed by atoms with Gasteiger partial charge < -0.3 is 5.11 Å². The zero-order valence-electron chi connectivity index (χ0n) is 12.7. The number of alkyl halides is 3. The molecule has 0 saturated heterocycles. The molecule has 130 valence electrons. The van der Waals surface area contributed by atoms with E-state index >= 15 is 0 Å². The minimum Gasteiger partial charge on any atom is -0.365 e. The summed E-state index contributed by atoms with van der Waals surface area (Å²) in [5, 5.41) is 14.9. The van der Waals surface area contributed by atoms with Crippen LogP contribution in [-0.2, 0) is 5.72 Å². The molecule has 1 N–H and O–H groups in total. The van der Waals surface area contributed by atoms with Gasteiger partial charge >= 0.3 is 6.18 Å². The van der Waals surface area contributed by atoms with E-state index in [-0.39, 0.29) is 11.1 Å². The Morgan fingerprint density at radius 1 is 1.16 bits per heavy atom. The van der Waals surface area contributed by atoms with Gasteiger partial charge in [-0.05, 0) is 24.3 Å². The first-order chi connectivity index (χ1) is 11.7. The fourth-order valence-electron chi connectivity index (χ4n) is 2.58. The van der Waals surface area contributed by atoms with Gasteiger partial charge in [0.05, 0.1) is 6.42 Å². The molecule has 2 aromatic rings. The Kier molecular flexibility index (Phi) is 4.42. The van der Waals surface area contributed by atoms with Crippen LogP contribution in [-0.4, -0.2) is 27.9 Å². The molecule has 25 heavy (non-hydrogen) atoms. The molecule has 0 saturated carbocycles. The van der Waals surface area contributed by atoms with E-state index in [1.54, 1.807) is 30.3 Å². The Labute approximate surface area is 149 Å². The molecule has 1 amide bonds. The fourth-order valence-corrected chi connectivity index (χ4v) is 2.98. The summed E-state index contributed by atoms with van der Waals surface area (Å²) in [5.74, 6) is -0.817. The van der Waals surface area contributed by atoms with Crippen LogP contribution in [0.25, 0.3) is 0 Å². The average molecular weight is 413 g/mol. The van der Waals surface area contributed by atoms with Gasteiger partial charge in [-0.1, -0.05) is 46.3 Å². The van der Waals surface area contributed by atoms with Crippen molar-refractivity contribution in [2.24, 2.45) is 5.10 Å². The summed E-state index contributed by atoms with van der Waals surface area (Å²) in [6, 6.07) is 13.9. The predicted molar refractivity (Wildman–Crippen MR) is 88.8 cm³/mol. The quantitative estimate of drug-likeness (QED) is 0.808. The molecule has 4 nitrogen and oxygen atoms in total. The number of halogens is 4. The summed E-state index contributed by atoms with van der Waals surface area (Å²) in [7, 11) is 0. The van der Waals surface area contributed by atoms with Crippen LogP contribution in [0.2, 0.25) is 0 Å². The van der Waals surface area contributed by atoms with E-state index < -0.39 is 29.9 Å². The van der Waals surface area contributed by atoms with Gasteiger partial charge in [-0.25, -0.2) is 0 Å². The summed E-state index contributed by atoms with van der Waals surface area (Å²) in [6.07, 6.45) is -5.59. The van der Waals surface area contributed by atoms with Crippen molar-refractivity contribution in [3.05, 3.63) is 70.2 Å². The van der Waals surface area contributed by atoms with Gasteiger partial charge in [0, 0.05) is 15.6 Å². The second-order valence-electron chi connectivity index (χ2n) is 5.53. The van der Waals surface area contributed by atoms with Crippen molar-refractivity contribution in [3.63, 3.8) is 0 Å². The topological polar surface area (TPSA) is 52.9 Å². The number of carbonyl (C=O) groups excluding carboxylic acids is 1. The zero-order chi connectivity index (χ0) is 18.2. The number of amides is 1. The van der Waals surface area contributed by atoms with Crippen molar-refractivity contribution in [2.75, 3.05) is 0 Å². The minimum absolute atomic E-state index is 0.128. The fraction of sp³-hybridized carbons (Fsp3) is 0.176. The smallest absolute Gasteiger partial charge is 0.365 e.